The van der Waals surface area contributed by atoms with Crippen LogP contribution in [0.25, 0.3) is 0 Å². The topological polar surface area (TPSA) is 91.4 Å². The SMILES string of the molecule is CC(C)NC(=O)Nc1nc2c(s1)CN(S(=O)(=O)c1ccc(Br)s1)CC2. The molecule has 0 atom stereocenters. The van der Waals surface area contributed by atoms with Gasteiger partial charge in [0.05, 0.1) is 16.0 Å². The smallest absolute Gasteiger partial charge is 0.321 e. The molecule has 0 aliphatic carbocycles. The first kappa shape index (κ1) is 18.8. The van der Waals surface area contributed by atoms with Gasteiger partial charge in [0.25, 0.3) is 10.0 Å². The third-order valence-electron chi connectivity index (χ3n) is 3.48. The van der Waals surface area contributed by atoms with Gasteiger partial charge >= 0.3 is 6.03 Å². The minimum Gasteiger partial charge on any atom is -0.336 e. The zero-order chi connectivity index (χ0) is 18.2. The van der Waals surface area contributed by atoms with Crippen LogP contribution in [0.4, 0.5) is 9.93 Å². The first-order valence-corrected chi connectivity index (χ1v) is 11.4. The Morgan fingerprint density at radius 2 is 2.12 bits per heavy atom. The van der Waals surface area contributed by atoms with Crippen LogP contribution < -0.4 is 10.6 Å². The molecule has 0 bridgehead atoms. The van der Waals surface area contributed by atoms with Gasteiger partial charge in [-0.05, 0) is 41.9 Å². The maximum Gasteiger partial charge on any atom is 0.321 e. The Balaban J connectivity index is 1.74. The van der Waals surface area contributed by atoms with Crippen LogP contribution in [0.5, 0.6) is 0 Å². The average molecular weight is 465 g/mol. The first-order valence-electron chi connectivity index (χ1n) is 7.57. The van der Waals surface area contributed by atoms with Crippen LogP contribution in [0.1, 0.15) is 24.4 Å². The van der Waals surface area contributed by atoms with Crippen molar-refractivity contribution in [1.82, 2.24) is 14.6 Å². The van der Waals surface area contributed by atoms with Crippen molar-refractivity contribution in [3.8, 4) is 0 Å². The minimum absolute atomic E-state index is 0.0281. The maximum absolute atomic E-state index is 12.7. The van der Waals surface area contributed by atoms with Gasteiger partial charge in [-0.2, -0.15) is 4.31 Å². The van der Waals surface area contributed by atoms with Crippen LogP contribution >= 0.6 is 38.6 Å². The molecule has 0 radical (unpaired) electrons. The Morgan fingerprint density at radius 3 is 2.76 bits per heavy atom. The summed E-state index contributed by atoms with van der Waals surface area (Å²) in [6.07, 6.45) is 0.533. The summed E-state index contributed by atoms with van der Waals surface area (Å²) in [6, 6.07) is 3.05. The molecule has 1 aliphatic rings. The van der Waals surface area contributed by atoms with Crippen molar-refractivity contribution in [2.24, 2.45) is 0 Å². The monoisotopic (exact) mass is 464 g/mol. The summed E-state index contributed by atoms with van der Waals surface area (Å²) in [7, 11) is -3.51. The van der Waals surface area contributed by atoms with E-state index in [-0.39, 0.29) is 18.6 Å². The number of nitrogens with one attached hydrogen (secondary N) is 2. The highest BCUT2D eigenvalue weighted by Crippen LogP contribution is 2.33. The summed E-state index contributed by atoms with van der Waals surface area (Å²) in [6.45, 7) is 4.40. The van der Waals surface area contributed by atoms with Crippen molar-refractivity contribution < 1.29 is 13.2 Å². The molecule has 0 saturated carbocycles. The number of aromatic nitrogens is 1. The minimum atomic E-state index is -3.51. The summed E-state index contributed by atoms with van der Waals surface area (Å²) in [5.41, 5.74) is 0.851. The molecule has 0 unspecified atom stereocenters. The molecule has 2 aromatic rings. The van der Waals surface area contributed by atoms with Crippen LogP contribution in [0.15, 0.2) is 20.1 Å². The highest BCUT2D eigenvalue weighted by molar-refractivity contribution is 9.11. The van der Waals surface area contributed by atoms with Crippen molar-refractivity contribution in [2.45, 2.75) is 37.1 Å². The Hall–Kier alpha value is -1.01. The Bertz CT molecular complexity index is 891. The van der Waals surface area contributed by atoms with Crippen molar-refractivity contribution in [3.05, 3.63) is 26.5 Å². The quantitative estimate of drug-likeness (QED) is 0.726. The Kier molecular flexibility index (Phi) is 5.49. The molecule has 7 nitrogen and oxygen atoms in total. The lowest BCUT2D eigenvalue weighted by atomic mass is 10.2. The van der Waals surface area contributed by atoms with Gasteiger partial charge in [-0.25, -0.2) is 18.2 Å². The second-order valence-electron chi connectivity index (χ2n) is 5.79. The molecular weight excluding hydrogens is 448 g/mol. The number of nitrogens with zero attached hydrogens (tertiary/aromatic N) is 2. The fraction of sp³-hybridized carbons (Fsp3) is 0.429. The van der Waals surface area contributed by atoms with Crippen LogP contribution in [0.2, 0.25) is 0 Å². The average Bonchev–Trinajstić information content (AvgIpc) is 3.11. The van der Waals surface area contributed by atoms with Gasteiger partial charge < -0.3 is 5.32 Å². The van der Waals surface area contributed by atoms with E-state index in [1.807, 2.05) is 13.8 Å². The largest absolute Gasteiger partial charge is 0.336 e. The zero-order valence-electron chi connectivity index (χ0n) is 13.6. The third kappa shape index (κ3) is 4.22. The van der Waals surface area contributed by atoms with Crippen LogP contribution in [0.3, 0.4) is 0 Å². The predicted octanol–water partition coefficient (Wildman–Crippen LogP) is 3.24. The maximum atomic E-state index is 12.7. The van der Waals surface area contributed by atoms with E-state index in [0.29, 0.717) is 22.3 Å². The number of hydrogen-bond acceptors (Lipinski definition) is 6. The molecule has 2 N–H and O–H groups in total. The number of carbonyl (C=O) groups excluding carboxylic acids is 1. The van der Waals surface area contributed by atoms with Crippen LogP contribution in [-0.4, -0.2) is 36.3 Å². The second-order valence-corrected chi connectivity index (χ2v) is 11.5. The molecule has 136 valence electrons. The normalized spacial score (nSPS) is 15.2. The highest BCUT2D eigenvalue weighted by atomic mass is 79.9. The summed E-state index contributed by atoms with van der Waals surface area (Å²) in [5, 5.41) is 5.93. The van der Waals surface area contributed by atoms with Gasteiger partial charge in [-0.3, -0.25) is 5.32 Å². The van der Waals surface area contributed by atoms with E-state index in [2.05, 4.69) is 31.5 Å². The number of rotatable bonds is 4. The number of amides is 2. The third-order valence-corrected chi connectivity index (χ3v) is 8.41. The van der Waals surface area contributed by atoms with Gasteiger partial charge in [0.2, 0.25) is 0 Å². The van der Waals surface area contributed by atoms with Crippen molar-refractivity contribution in [3.63, 3.8) is 0 Å². The number of fused-ring (bicyclic) bond motifs is 1. The molecule has 2 aromatic heterocycles. The number of sulfonamides is 1. The molecule has 0 aromatic carbocycles. The lowest BCUT2D eigenvalue weighted by Crippen LogP contribution is -2.35. The number of hydrogen-bond donors (Lipinski definition) is 2. The molecule has 0 spiro atoms. The summed E-state index contributed by atoms with van der Waals surface area (Å²) in [5.74, 6) is 0. The van der Waals surface area contributed by atoms with E-state index in [9.17, 15) is 13.2 Å². The summed E-state index contributed by atoms with van der Waals surface area (Å²) >= 11 is 5.81. The van der Waals surface area contributed by atoms with Crippen molar-refractivity contribution in [1.29, 1.82) is 0 Å². The summed E-state index contributed by atoms with van der Waals surface area (Å²) in [4.78, 5) is 17.1. The highest BCUT2D eigenvalue weighted by Gasteiger charge is 2.31. The van der Waals surface area contributed by atoms with Gasteiger partial charge in [-0.1, -0.05) is 11.3 Å². The number of urea groups is 1. The number of carbonyl (C=O) groups is 1. The second kappa shape index (κ2) is 7.31. The Morgan fingerprint density at radius 1 is 1.36 bits per heavy atom. The van der Waals surface area contributed by atoms with Gasteiger partial charge in [-0.15, -0.1) is 11.3 Å². The van der Waals surface area contributed by atoms with E-state index in [1.54, 1.807) is 12.1 Å². The molecule has 1 aliphatic heterocycles. The molecule has 2 amide bonds. The van der Waals surface area contributed by atoms with Crippen LogP contribution in [0, 0.1) is 0 Å². The number of thiophene rings is 1. The molecule has 0 saturated heterocycles. The lowest BCUT2D eigenvalue weighted by molar-refractivity contribution is 0.250. The van der Waals surface area contributed by atoms with Crippen molar-refractivity contribution >= 4 is 59.8 Å². The van der Waals surface area contributed by atoms with Gasteiger partial charge in [0.1, 0.15) is 4.21 Å². The number of anilines is 1. The van der Waals surface area contributed by atoms with Crippen molar-refractivity contribution in [2.75, 3.05) is 11.9 Å². The molecule has 25 heavy (non-hydrogen) atoms. The van der Waals surface area contributed by atoms with E-state index in [0.717, 1.165) is 14.4 Å². The first-order chi connectivity index (χ1) is 11.8. The molecule has 3 rings (SSSR count). The summed E-state index contributed by atoms with van der Waals surface area (Å²) < 4.78 is 28.0. The van der Waals surface area contributed by atoms with Gasteiger partial charge in [0, 0.05) is 23.9 Å². The molecule has 3 heterocycles. The molecule has 11 heteroatoms. The standard InChI is InChI=1S/C14H17BrN4O3S3/c1-8(2)16-13(20)18-14-17-9-5-6-19(7-10(9)23-14)25(21,22)12-4-3-11(15)24-12/h3-4,8H,5-7H2,1-2H3,(H2,16,17,18,20). The van der Waals surface area contributed by atoms with E-state index in [1.165, 1.54) is 27.0 Å². The molecular formula is C14H17BrN4O3S3. The lowest BCUT2D eigenvalue weighted by Gasteiger charge is -2.24. The molecule has 0 fully saturated rings. The fourth-order valence-electron chi connectivity index (χ4n) is 2.39. The van der Waals surface area contributed by atoms with E-state index >= 15 is 0 Å². The number of halogens is 1. The predicted molar refractivity (Wildman–Crippen MR) is 103 cm³/mol. The fourth-order valence-corrected chi connectivity index (χ4v) is 7.06. The van der Waals surface area contributed by atoms with E-state index in [4.69, 9.17) is 0 Å². The Labute approximate surface area is 162 Å². The number of thiazole rings is 1. The van der Waals surface area contributed by atoms with E-state index < -0.39 is 10.0 Å². The van der Waals surface area contributed by atoms with Gasteiger partial charge in [0.15, 0.2) is 5.13 Å². The zero-order valence-corrected chi connectivity index (χ0v) is 17.6. The van der Waals surface area contributed by atoms with Crippen LogP contribution in [-0.2, 0) is 23.0 Å².